The zero-order chi connectivity index (χ0) is 14.4. The molecule has 0 radical (unpaired) electrons. The summed E-state index contributed by atoms with van der Waals surface area (Å²) in [5.41, 5.74) is 1.06. The fourth-order valence-corrected chi connectivity index (χ4v) is 2.75. The van der Waals surface area contributed by atoms with Crippen LogP contribution in [0.2, 0.25) is 5.02 Å². The van der Waals surface area contributed by atoms with Gasteiger partial charge >= 0.3 is 0 Å². The first-order chi connectivity index (χ1) is 9.69. The summed E-state index contributed by atoms with van der Waals surface area (Å²) in [5.74, 6) is 1.55. The van der Waals surface area contributed by atoms with E-state index in [0.29, 0.717) is 17.0 Å². The maximum absolute atomic E-state index is 6.18. The second-order valence-electron chi connectivity index (χ2n) is 5.79. The van der Waals surface area contributed by atoms with Crippen LogP contribution in [0.4, 0.5) is 0 Å². The van der Waals surface area contributed by atoms with E-state index in [-0.39, 0.29) is 0 Å². The van der Waals surface area contributed by atoms with E-state index in [1.54, 1.807) is 6.20 Å². The van der Waals surface area contributed by atoms with Crippen molar-refractivity contribution < 1.29 is 4.74 Å². The quantitative estimate of drug-likeness (QED) is 0.799. The first kappa shape index (κ1) is 15.6. The van der Waals surface area contributed by atoms with Gasteiger partial charge in [-0.15, -0.1) is 0 Å². The minimum Gasteiger partial charge on any atom is -0.474 e. The lowest BCUT2D eigenvalue weighted by Crippen LogP contribution is -2.23. The van der Waals surface area contributed by atoms with Gasteiger partial charge in [0.2, 0.25) is 5.88 Å². The number of nitrogens with one attached hydrogen (secondary N) is 1. The molecule has 0 aliphatic heterocycles. The average molecular weight is 297 g/mol. The molecule has 112 valence electrons. The van der Waals surface area contributed by atoms with Crippen LogP contribution in [0.5, 0.6) is 5.88 Å². The number of pyridine rings is 1. The predicted molar refractivity (Wildman–Crippen MR) is 83.3 cm³/mol. The Kier molecular flexibility index (Phi) is 6.11. The van der Waals surface area contributed by atoms with Gasteiger partial charge in [0.05, 0.1) is 5.02 Å². The molecule has 0 atom stereocenters. The minimum absolute atomic E-state index is 0.316. The van der Waals surface area contributed by atoms with E-state index in [9.17, 15) is 0 Å². The Morgan fingerprint density at radius 3 is 2.80 bits per heavy atom. The highest BCUT2D eigenvalue weighted by molar-refractivity contribution is 6.31. The zero-order valence-corrected chi connectivity index (χ0v) is 13.2. The van der Waals surface area contributed by atoms with Gasteiger partial charge in [-0.1, -0.05) is 25.4 Å². The Labute approximate surface area is 127 Å². The number of aromatic nitrogens is 1. The molecule has 1 aromatic rings. The molecule has 2 rings (SSSR count). The standard InChI is InChI=1S/C16H25ClN2O/c1-3-8-18-10-13-9-16(19-11-15(13)17)20-14-6-4-12(2)5-7-14/h9,11-12,14,18H,3-8,10H2,1-2H3. The van der Waals surface area contributed by atoms with Crippen molar-refractivity contribution in [2.24, 2.45) is 5.92 Å². The van der Waals surface area contributed by atoms with Crippen molar-refractivity contribution in [2.75, 3.05) is 6.54 Å². The fraction of sp³-hybridized carbons (Fsp3) is 0.688. The van der Waals surface area contributed by atoms with Crippen LogP contribution in [-0.2, 0) is 6.54 Å². The summed E-state index contributed by atoms with van der Waals surface area (Å²) in [6.07, 6.45) is 7.91. The molecule has 20 heavy (non-hydrogen) atoms. The third-order valence-corrected chi connectivity index (χ3v) is 4.24. The molecule has 1 saturated carbocycles. The highest BCUT2D eigenvalue weighted by atomic mass is 35.5. The van der Waals surface area contributed by atoms with E-state index in [0.717, 1.165) is 43.8 Å². The normalized spacial score (nSPS) is 22.8. The molecule has 0 aromatic carbocycles. The topological polar surface area (TPSA) is 34.1 Å². The van der Waals surface area contributed by atoms with E-state index in [2.05, 4.69) is 24.1 Å². The van der Waals surface area contributed by atoms with E-state index in [1.807, 2.05) is 6.07 Å². The lowest BCUT2D eigenvalue weighted by atomic mass is 9.89. The van der Waals surface area contributed by atoms with Crippen molar-refractivity contribution in [3.05, 3.63) is 22.8 Å². The Hall–Kier alpha value is -0.800. The molecule has 4 heteroatoms. The van der Waals surface area contributed by atoms with Gasteiger partial charge in [0.25, 0.3) is 0 Å². The Morgan fingerprint density at radius 1 is 1.35 bits per heavy atom. The van der Waals surface area contributed by atoms with Crippen molar-refractivity contribution >= 4 is 11.6 Å². The molecule has 1 N–H and O–H groups in total. The lowest BCUT2D eigenvalue weighted by Gasteiger charge is -2.26. The number of hydrogen-bond acceptors (Lipinski definition) is 3. The fourth-order valence-electron chi connectivity index (χ4n) is 2.58. The SMILES string of the molecule is CCCNCc1cc(OC2CCC(C)CC2)ncc1Cl. The van der Waals surface area contributed by atoms with E-state index >= 15 is 0 Å². The maximum Gasteiger partial charge on any atom is 0.213 e. The van der Waals surface area contributed by atoms with Crippen molar-refractivity contribution in [2.45, 2.75) is 58.6 Å². The van der Waals surface area contributed by atoms with Crippen LogP contribution in [0.15, 0.2) is 12.3 Å². The molecule has 0 amide bonds. The summed E-state index contributed by atoms with van der Waals surface area (Å²) in [4.78, 5) is 4.30. The van der Waals surface area contributed by atoms with Crippen LogP contribution >= 0.6 is 11.6 Å². The van der Waals surface area contributed by atoms with Gasteiger partial charge in [0.1, 0.15) is 6.10 Å². The molecule has 3 nitrogen and oxygen atoms in total. The number of rotatable bonds is 6. The summed E-state index contributed by atoms with van der Waals surface area (Å²) in [6.45, 7) is 6.23. The summed E-state index contributed by atoms with van der Waals surface area (Å²) < 4.78 is 6.01. The van der Waals surface area contributed by atoms with Crippen molar-refractivity contribution in [3.63, 3.8) is 0 Å². The van der Waals surface area contributed by atoms with Gasteiger partial charge in [0, 0.05) is 18.8 Å². The Balaban J connectivity index is 1.92. The van der Waals surface area contributed by atoms with Crippen LogP contribution in [-0.4, -0.2) is 17.6 Å². The largest absolute Gasteiger partial charge is 0.474 e. The van der Waals surface area contributed by atoms with Gasteiger partial charge in [-0.25, -0.2) is 4.98 Å². The van der Waals surface area contributed by atoms with Crippen LogP contribution in [0.1, 0.15) is 51.5 Å². The molecule has 0 bridgehead atoms. The Bertz CT molecular complexity index is 417. The second-order valence-corrected chi connectivity index (χ2v) is 6.20. The molecular formula is C16H25ClN2O. The first-order valence-corrected chi connectivity index (χ1v) is 8.08. The molecule has 0 saturated heterocycles. The minimum atomic E-state index is 0.316. The van der Waals surface area contributed by atoms with Crippen molar-refractivity contribution in [1.29, 1.82) is 0 Å². The van der Waals surface area contributed by atoms with Gasteiger partial charge in [0.15, 0.2) is 0 Å². The second kappa shape index (κ2) is 7.84. The molecule has 1 heterocycles. The molecule has 0 unspecified atom stereocenters. The van der Waals surface area contributed by atoms with Crippen molar-refractivity contribution in [1.82, 2.24) is 10.3 Å². The first-order valence-electron chi connectivity index (χ1n) is 7.70. The molecule has 1 aliphatic carbocycles. The van der Waals surface area contributed by atoms with Crippen LogP contribution in [0.25, 0.3) is 0 Å². The van der Waals surface area contributed by atoms with E-state index in [4.69, 9.17) is 16.3 Å². The third-order valence-electron chi connectivity index (χ3n) is 3.90. The van der Waals surface area contributed by atoms with Crippen LogP contribution in [0.3, 0.4) is 0 Å². The van der Waals surface area contributed by atoms with Gasteiger partial charge in [-0.05, 0) is 50.1 Å². The third kappa shape index (κ3) is 4.64. The summed E-state index contributed by atoms with van der Waals surface area (Å²) in [6, 6.07) is 1.98. The summed E-state index contributed by atoms with van der Waals surface area (Å²) >= 11 is 6.18. The smallest absolute Gasteiger partial charge is 0.213 e. The van der Waals surface area contributed by atoms with E-state index in [1.165, 1.54) is 12.8 Å². The van der Waals surface area contributed by atoms with Crippen LogP contribution < -0.4 is 10.1 Å². The highest BCUT2D eigenvalue weighted by Gasteiger charge is 2.20. The number of ether oxygens (including phenoxy) is 1. The van der Waals surface area contributed by atoms with Crippen molar-refractivity contribution in [3.8, 4) is 5.88 Å². The van der Waals surface area contributed by atoms with Crippen LogP contribution in [0, 0.1) is 5.92 Å². The predicted octanol–water partition coefficient (Wildman–Crippen LogP) is 4.19. The number of halogens is 1. The summed E-state index contributed by atoms with van der Waals surface area (Å²) in [5, 5.41) is 4.07. The van der Waals surface area contributed by atoms with Gasteiger partial charge < -0.3 is 10.1 Å². The maximum atomic E-state index is 6.18. The number of nitrogens with zero attached hydrogens (tertiary/aromatic N) is 1. The summed E-state index contributed by atoms with van der Waals surface area (Å²) in [7, 11) is 0. The molecule has 1 fully saturated rings. The molecule has 0 spiro atoms. The molecule has 1 aliphatic rings. The zero-order valence-electron chi connectivity index (χ0n) is 12.5. The average Bonchev–Trinajstić information content (AvgIpc) is 2.45. The van der Waals surface area contributed by atoms with Gasteiger partial charge in [-0.3, -0.25) is 0 Å². The lowest BCUT2D eigenvalue weighted by molar-refractivity contribution is 0.130. The van der Waals surface area contributed by atoms with Gasteiger partial charge in [-0.2, -0.15) is 0 Å². The molecular weight excluding hydrogens is 272 g/mol. The monoisotopic (exact) mass is 296 g/mol. The Morgan fingerprint density at radius 2 is 2.10 bits per heavy atom. The molecule has 1 aromatic heterocycles. The highest BCUT2D eigenvalue weighted by Crippen LogP contribution is 2.27. The number of hydrogen-bond donors (Lipinski definition) is 1. The van der Waals surface area contributed by atoms with E-state index < -0.39 is 0 Å².